The van der Waals surface area contributed by atoms with Gasteiger partial charge in [-0.25, -0.2) is 15.0 Å². The fraction of sp³-hybridized carbons (Fsp3) is 0.292. The second-order valence-corrected chi connectivity index (χ2v) is 9.64. The summed E-state index contributed by atoms with van der Waals surface area (Å²) >= 11 is 1.66. The van der Waals surface area contributed by atoms with E-state index in [0.29, 0.717) is 6.61 Å². The van der Waals surface area contributed by atoms with Crippen LogP contribution in [0.5, 0.6) is 0 Å². The molecule has 0 amide bonds. The summed E-state index contributed by atoms with van der Waals surface area (Å²) in [6, 6.07) is 10.5. The largest absolute Gasteiger partial charge is 0.464 e. The van der Waals surface area contributed by atoms with Crippen LogP contribution in [0.2, 0.25) is 0 Å². The van der Waals surface area contributed by atoms with Gasteiger partial charge in [-0.3, -0.25) is 0 Å². The highest BCUT2D eigenvalue weighted by molar-refractivity contribution is 7.25. The van der Waals surface area contributed by atoms with Gasteiger partial charge in [-0.05, 0) is 50.1 Å². The number of hydrogen-bond donors (Lipinski definition) is 1. The van der Waals surface area contributed by atoms with Crippen LogP contribution in [0.3, 0.4) is 0 Å². The third-order valence-electron chi connectivity index (χ3n) is 5.85. The molecule has 6 nitrogen and oxygen atoms in total. The first-order valence-electron chi connectivity index (χ1n) is 10.5. The van der Waals surface area contributed by atoms with Crippen molar-refractivity contribution in [1.82, 2.24) is 15.0 Å². The van der Waals surface area contributed by atoms with Crippen LogP contribution in [0, 0.1) is 0 Å². The quantitative estimate of drug-likeness (QED) is 0.406. The Kier molecular flexibility index (Phi) is 4.23. The van der Waals surface area contributed by atoms with Gasteiger partial charge >= 0.3 is 0 Å². The van der Waals surface area contributed by atoms with Gasteiger partial charge in [0, 0.05) is 29.3 Å². The number of anilines is 1. The van der Waals surface area contributed by atoms with E-state index in [2.05, 4.69) is 47.3 Å². The number of fused-ring (bicyclic) bond motifs is 5. The smallest absolute Gasteiger partial charge is 0.147 e. The molecule has 0 saturated carbocycles. The van der Waals surface area contributed by atoms with E-state index >= 15 is 0 Å². The standard InChI is InChI=1S/C24H22N4O2S/c1-24(2)11-18-16(12-30-24)10-17-20-21(31-23(17)28-18)22(27-13-26-20)25-7-5-14-3-4-19-15(9-14)6-8-29-19/h3-4,6,8-10,13H,5,7,11-12H2,1-2H3,(H,25,26,27). The number of nitrogens with zero attached hydrogens (tertiary/aromatic N) is 3. The van der Waals surface area contributed by atoms with Gasteiger partial charge in [-0.2, -0.15) is 0 Å². The molecule has 4 aromatic heterocycles. The highest BCUT2D eigenvalue weighted by atomic mass is 32.1. The Bertz CT molecular complexity index is 1440. The molecule has 0 aliphatic carbocycles. The normalized spacial score (nSPS) is 15.5. The van der Waals surface area contributed by atoms with Gasteiger partial charge in [0.2, 0.25) is 0 Å². The summed E-state index contributed by atoms with van der Waals surface area (Å²) in [4.78, 5) is 15.1. The van der Waals surface area contributed by atoms with Crippen LogP contribution in [0.15, 0.2) is 47.3 Å². The number of pyridine rings is 1. The van der Waals surface area contributed by atoms with Gasteiger partial charge in [0.25, 0.3) is 0 Å². The Morgan fingerprint density at radius 2 is 2.10 bits per heavy atom. The number of aromatic nitrogens is 3. The second-order valence-electron chi connectivity index (χ2n) is 8.64. The van der Waals surface area contributed by atoms with Crippen molar-refractivity contribution >= 4 is 48.6 Å². The SMILES string of the molecule is CC1(C)Cc2nc3sc4c(NCCc5ccc6occc6c5)ncnc4c3cc2CO1. The highest BCUT2D eigenvalue weighted by Gasteiger charge is 2.28. The number of benzene rings is 1. The van der Waals surface area contributed by atoms with E-state index in [0.717, 1.165) is 67.9 Å². The first-order chi connectivity index (χ1) is 15.1. The molecule has 1 aliphatic heterocycles. The van der Waals surface area contributed by atoms with Crippen LogP contribution in [-0.2, 0) is 24.2 Å². The average molecular weight is 431 g/mol. The Labute approximate surface area is 183 Å². The van der Waals surface area contributed by atoms with Crippen molar-refractivity contribution in [3.8, 4) is 0 Å². The van der Waals surface area contributed by atoms with Crippen molar-refractivity contribution < 1.29 is 9.15 Å². The highest BCUT2D eigenvalue weighted by Crippen LogP contribution is 2.38. The molecular weight excluding hydrogens is 408 g/mol. The van der Waals surface area contributed by atoms with Crippen molar-refractivity contribution in [2.24, 2.45) is 0 Å². The molecule has 31 heavy (non-hydrogen) atoms. The summed E-state index contributed by atoms with van der Waals surface area (Å²) in [6.45, 7) is 5.62. The van der Waals surface area contributed by atoms with Crippen LogP contribution in [0.1, 0.15) is 30.7 Å². The topological polar surface area (TPSA) is 73.1 Å². The Hall–Kier alpha value is -3.03. The molecule has 7 heteroatoms. The minimum absolute atomic E-state index is 0.170. The van der Waals surface area contributed by atoms with Crippen LogP contribution in [0.25, 0.3) is 31.4 Å². The molecule has 0 saturated heterocycles. The van der Waals surface area contributed by atoms with Gasteiger partial charge in [0.05, 0.1) is 34.4 Å². The summed E-state index contributed by atoms with van der Waals surface area (Å²) in [7, 11) is 0. The lowest BCUT2D eigenvalue weighted by Gasteiger charge is -2.30. The summed E-state index contributed by atoms with van der Waals surface area (Å²) in [6.07, 6.45) is 5.08. The Morgan fingerprint density at radius 1 is 1.16 bits per heavy atom. The molecular formula is C24H22N4O2S. The molecule has 156 valence electrons. The van der Waals surface area contributed by atoms with E-state index in [4.69, 9.17) is 14.1 Å². The van der Waals surface area contributed by atoms with E-state index in [-0.39, 0.29) is 5.60 Å². The van der Waals surface area contributed by atoms with Crippen LogP contribution in [0.4, 0.5) is 5.82 Å². The lowest BCUT2D eigenvalue weighted by atomic mass is 9.95. The summed E-state index contributed by atoms with van der Waals surface area (Å²) in [5.74, 6) is 0.868. The van der Waals surface area contributed by atoms with Gasteiger partial charge in [-0.1, -0.05) is 6.07 Å². The predicted molar refractivity (Wildman–Crippen MR) is 124 cm³/mol. The van der Waals surface area contributed by atoms with Crippen LogP contribution < -0.4 is 5.32 Å². The lowest BCUT2D eigenvalue weighted by molar-refractivity contribution is -0.0411. The zero-order valence-corrected chi connectivity index (χ0v) is 18.3. The zero-order valence-electron chi connectivity index (χ0n) is 17.4. The van der Waals surface area contributed by atoms with Crippen molar-refractivity contribution in [2.45, 2.75) is 38.9 Å². The molecule has 5 heterocycles. The van der Waals surface area contributed by atoms with Crippen molar-refractivity contribution in [3.05, 3.63) is 59.7 Å². The number of furan rings is 1. The molecule has 1 N–H and O–H groups in total. The molecule has 6 rings (SSSR count). The monoisotopic (exact) mass is 430 g/mol. The minimum Gasteiger partial charge on any atom is -0.464 e. The predicted octanol–water partition coefficient (Wildman–Crippen LogP) is 5.49. The second kappa shape index (κ2) is 7.00. The Morgan fingerprint density at radius 3 is 3.03 bits per heavy atom. The van der Waals surface area contributed by atoms with E-state index < -0.39 is 0 Å². The maximum absolute atomic E-state index is 5.98. The van der Waals surface area contributed by atoms with E-state index in [9.17, 15) is 0 Å². The van der Waals surface area contributed by atoms with Gasteiger partial charge in [0.15, 0.2) is 0 Å². The van der Waals surface area contributed by atoms with Crippen molar-refractivity contribution in [3.63, 3.8) is 0 Å². The fourth-order valence-corrected chi connectivity index (χ4v) is 5.30. The molecule has 0 atom stereocenters. The molecule has 1 aromatic carbocycles. The summed E-state index contributed by atoms with van der Waals surface area (Å²) in [5, 5.41) is 5.72. The molecule has 5 aromatic rings. The first-order valence-corrected chi connectivity index (χ1v) is 11.3. The maximum atomic E-state index is 5.98. The Balaban J connectivity index is 1.29. The fourth-order valence-electron chi connectivity index (χ4n) is 4.21. The minimum atomic E-state index is -0.170. The molecule has 0 spiro atoms. The van der Waals surface area contributed by atoms with Crippen LogP contribution in [-0.4, -0.2) is 27.1 Å². The molecule has 0 radical (unpaired) electrons. The summed E-state index contributed by atoms with van der Waals surface area (Å²) in [5.41, 5.74) is 5.26. The van der Waals surface area contributed by atoms with E-state index in [1.165, 1.54) is 5.56 Å². The third kappa shape index (κ3) is 3.34. The average Bonchev–Trinajstić information content (AvgIpc) is 3.36. The third-order valence-corrected chi connectivity index (χ3v) is 6.94. The molecule has 0 bridgehead atoms. The van der Waals surface area contributed by atoms with Gasteiger partial charge in [0.1, 0.15) is 22.6 Å². The number of hydrogen-bond acceptors (Lipinski definition) is 7. The number of rotatable bonds is 4. The summed E-state index contributed by atoms with van der Waals surface area (Å²) < 4.78 is 12.5. The molecule has 1 aliphatic rings. The van der Waals surface area contributed by atoms with E-state index in [1.54, 1.807) is 23.9 Å². The number of ether oxygens (including phenoxy) is 1. The van der Waals surface area contributed by atoms with Crippen LogP contribution >= 0.6 is 11.3 Å². The number of nitrogens with one attached hydrogen (secondary N) is 1. The van der Waals surface area contributed by atoms with Crippen molar-refractivity contribution in [1.29, 1.82) is 0 Å². The number of thiophene rings is 1. The lowest BCUT2D eigenvalue weighted by Crippen LogP contribution is -2.32. The molecule has 0 fully saturated rings. The van der Waals surface area contributed by atoms with Gasteiger partial charge < -0.3 is 14.5 Å². The molecule has 0 unspecified atom stereocenters. The van der Waals surface area contributed by atoms with Gasteiger partial charge in [-0.15, -0.1) is 11.3 Å². The van der Waals surface area contributed by atoms with Crippen molar-refractivity contribution in [2.75, 3.05) is 11.9 Å². The first kappa shape index (κ1) is 18.7. The zero-order chi connectivity index (χ0) is 21.0. The van der Waals surface area contributed by atoms with E-state index in [1.807, 2.05) is 12.1 Å². The maximum Gasteiger partial charge on any atom is 0.147 e.